The lowest BCUT2D eigenvalue weighted by atomic mass is 9.81. The molecule has 1 aliphatic heterocycles. The largest absolute Gasteiger partial charge is 0.353 e. The number of H-pyrrole nitrogens is 1. The Hall–Kier alpha value is -3.00. The summed E-state index contributed by atoms with van der Waals surface area (Å²) in [5.74, 6) is 0.147. The zero-order valence-corrected chi connectivity index (χ0v) is 22.2. The van der Waals surface area contributed by atoms with E-state index >= 15 is 0 Å². The number of nitrogens with one attached hydrogen (secondary N) is 2. The van der Waals surface area contributed by atoms with Crippen molar-refractivity contribution in [3.05, 3.63) is 52.8 Å². The standard InChI is InChI=1S/C28H31BrN4O3/c1-16(2)13-23(27-26-21(11-12-30-27)20-8-7-19(29)14-22(20)31-26)32-28(36)18-5-3-17(4-6-18)15-33-24(34)9-10-25(33)35/h7-12,14,16-18,23,31H,3-6,13,15H2,1-2H3,(H,32,36)/t17-,18-,23?. The van der Waals surface area contributed by atoms with Crippen LogP contribution in [0.25, 0.3) is 21.8 Å². The number of benzene rings is 1. The molecular weight excluding hydrogens is 520 g/mol. The van der Waals surface area contributed by atoms with Gasteiger partial charge in [0.05, 0.1) is 17.3 Å². The second-order valence-corrected chi connectivity index (χ2v) is 11.4. The second-order valence-electron chi connectivity index (χ2n) is 10.5. The third kappa shape index (κ3) is 4.96. The van der Waals surface area contributed by atoms with Crippen LogP contribution in [0.1, 0.15) is 57.7 Å². The van der Waals surface area contributed by atoms with Crippen molar-refractivity contribution in [2.24, 2.45) is 17.8 Å². The van der Waals surface area contributed by atoms with Crippen molar-refractivity contribution in [3.63, 3.8) is 0 Å². The van der Waals surface area contributed by atoms with Crippen LogP contribution in [0.3, 0.4) is 0 Å². The number of carbonyl (C=O) groups excluding carboxylic acids is 3. The maximum absolute atomic E-state index is 13.4. The number of hydrogen-bond donors (Lipinski definition) is 2. The van der Waals surface area contributed by atoms with Gasteiger partial charge in [0.25, 0.3) is 11.8 Å². The highest BCUT2D eigenvalue weighted by atomic mass is 79.9. The molecule has 5 rings (SSSR count). The maximum atomic E-state index is 13.4. The van der Waals surface area contributed by atoms with E-state index < -0.39 is 0 Å². The van der Waals surface area contributed by atoms with Gasteiger partial charge in [-0.15, -0.1) is 0 Å². The first-order valence-electron chi connectivity index (χ1n) is 12.7. The van der Waals surface area contributed by atoms with E-state index in [1.807, 2.05) is 18.3 Å². The predicted octanol–water partition coefficient (Wildman–Crippen LogP) is 5.41. The van der Waals surface area contributed by atoms with E-state index in [0.717, 1.165) is 64.1 Å². The average molecular weight is 551 g/mol. The number of aromatic nitrogens is 2. The topological polar surface area (TPSA) is 95.2 Å². The third-order valence-corrected chi connectivity index (χ3v) is 7.92. The molecule has 8 heteroatoms. The Bertz CT molecular complexity index is 1340. The molecule has 3 aromatic rings. The van der Waals surface area contributed by atoms with E-state index in [4.69, 9.17) is 4.98 Å². The molecule has 1 fully saturated rings. The van der Waals surface area contributed by atoms with Crippen LogP contribution >= 0.6 is 15.9 Å². The minimum Gasteiger partial charge on any atom is -0.353 e. The van der Waals surface area contributed by atoms with Gasteiger partial charge < -0.3 is 10.3 Å². The first kappa shape index (κ1) is 24.7. The maximum Gasteiger partial charge on any atom is 0.253 e. The van der Waals surface area contributed by atoms with Crippen molar-refractivity contribution in [2.75, 3.05) is 6.54 Å². The van der Waals surface area contributed by atoms with E-state index in [9.17, 15) is 14.4 Å². The van der Waals surface area contributed by atoms with Crippen molar-refractivity contribution in [2.45, 2.75) is 52.0 Å². The summed E-state index contributed by atoms with van der Waals surface area (Å²) in [6.45, 7) is 4.75. The first-order valence-corrected chi connectivity index (χ1v) is 13.5. The van der Waals surface area contributed by atoms with Crippen LogP contribution in [-0.2, 0) is 14.4 Å². The zero-order chi connectivity index (χ0) is 25.4. The lowest BCUT2D eigenvalue weighted by molar-refractivity contribution is -0.138. The minimum absolute atomic E-state index is 0.0618. The molecule has 2 N–H and O–H groups in total. The number of pyridine rings is 1. The van der Waals surface area contributed by atoms with E-state index in [-0.39, 0.29) is 35.6 Å². The SMILES string of the molecule is CC(C)CC(NC(=O)[C@H]1CC[C@H](CN2C(=O)C=CC2=O)CC1)c1nccc2c1[nH]c1cc(Br)ccc12. The summed E-state index contributed by atoms with van der Waals surface area (Å²) in [4.78, 5) is 46.7. The van der Waals surface area contributed by atoms with Crippen LogP contribution in [0.2, 0.25) is 0 Å². The molecule has 2 aliphatic rings. The number of fused-ring (bicyclic) bond motifs is 3. The number of amides is 3. The summed E-state index contributed by atoms with van der Waals surface area (Å²) in [7, 11) is 0. The molecule has 1 aliphatic carbocycles. The molecule has 1 aromatic carbocycles. The van der Waals surface area contributed by atoms with Gasteiger partial charge >= 0.3 is 0 Å². The van der Waals surface area contributed by atoms with E-state index in [1.165, 1.54) is 17.1 Å². The minimum atomic E-state index is -0.234. The fraction of sp³-hybridized carbons (Fsp3) is 0.429. The van der Waals surface area contributed by atoms with Crippen LogP contribution in [0.5, 0.6) is 0 Å². The third-order valence-electron chi connectivity index (χ3n) is 7.42. The van der Waals surface area contributed by atoms with E-state index in [2.05, 4.69) is 52.2 Å². The van der Waals surface area contributed by atoms with Crippen LogP contribution in [0, 0.1) is 17.8 Å². The molecule has 3 amide bonds. The molecule has 1 unspecified atom stereocenters. The summed E-state index contributed by atoms with van der Waals surface area (Å²) in [5, 5.41) is 5.56. The molecule has 2 aromatic heterocycles. The number of hydrogen-bond acceptors (Lipinski definition) is 4. The van der Waals surface area contributed by atoms with Crippen molar-refractivity contribution in [1.29, 1.82) is 0 Å². The number of carbonyl (C=O) groups is 3. The average Bonchev–Trinajstić information content (AvgIpc) is 3.37. The molecule has 0 spiro atoms. The molecule has 36 heavy (non-hydrogen) atoms. The molecule has 0 saturated heterocycles. The summed E-state index contributed by atoms with van der Waals surface area (Å²) in [6, 6.07) is 8.02. The molecule has 0 radical (unpaired) electrons. The highest BCUT2D eigenvalue weighted by Crippen LogP contribution is 2.34. The van der Waals surface area contributed by atoms with Gasteiger partial charge in [0.2, 0.25) is 5.91 Å². The van der Waals surface area contributed by atoms with Crippen LogP contribution < -0.4 is 5.32 Å². The molecule has 0 bridgehead atoms. The van der Waals surface area contributed by atoms with E-state index in [0.29, 0.717) is 12.5 Å². The molecule has 3 heterocycles. The van der Waals surface area contributed by atoms with E-state index in [1.54, 1.807) is 0 Å². The Morgan fingerprint density at radius 3 is 2.53 bits per heavy atom. The summed E-state index contributed by atoms with van der Waals surface area (Å²) >= 11 is 3.55. The molecular formula is C28H31BrN4O3. The lowest BCUT2D eigenvalue weighted by Crippen LogP contribution is -2.39. The number of halogens is 1. The fourth-order valence-electron chi connectivity index (χ4n) is 5.56. The van der Waals surface area contributed by atoms with Crippen molar-refractivity contribution < 1.29 is 14.4 Å². The molecule has 1 saturated carbocycles. The van der Waals surface area contributed by atoms with Gasteiger partial charge in [-0.1, -0.05) is 35.8 Å². The summed E-state index contributed by atoms with van der Waals surface area (Å²) < 4.78 is 1.01. The Morgan fingerprint density at radius 2 is 1.83 bits per heavy atom. The Kier molecular flexibility index (Phi) is 6.97. The van der Waals surface area contributed by atoms with Crippen molar-refractivity contribution in [3.8, 4) is 0 Å². The first-order chi connectivity index (χ1) is 17.3. The highest BCUT2D eigenvalue weighted by molar-refractivity contribution is 9.10. The van der Waals surface area contributed by atoms with Gasteiger partial charge in [-0.25, -0.2) is 0 Å². The normalized spacial score (nSPS) is 21.2. The fourth-order valence-corrected chi connectivity index (χ4v) is 5.92. The van der Waals surface area contributed by atoms with Crippen LogP contribution in [0.15, 0.2) is 47.1 Å². The number of aromatic amines is 1. The molecule has 7 nitrogen and oxygen atoms in total. The Balaban J connectivity index is 1.30. The van der Waals surface area contributed by atoms with Gasteiger partial charge in [-0.05, 0) is 62.1 Å². The smallest absolute Gasteiger partial charge is 0.253 e. The monoisotopic (exact) mass is 550 g/mol. The van der Waals surface area contributed by atoms with Crippen molar-refractivity contribution >= 4 is 55.5 Å². The molecule has 188 valence electrons. The predicted molar refractivity (Wildman–Crippen MR) is 143 cm³/mol. The van der Waals surface area contributed by atoms with Crippen LogP contribution in [-0.4, -0.2) is 39.1 Å². The van der Waals surface area contributed by atoms with Gasteiger partial charge in [-0.3, -0.25) is 24.3 Å². The van der Waals surface area contributed by atoms with Gasteiger partial charge in [0.1, 0.15) is 0 Å². The highest BCUT2D eigenvalue weighted by Gasteiger charge is 2.32. The summed E-state index contributed by atoms with van der Waals surface area (Å²) in [5.41, 5.74) is 2.87. The number of imide groups is 1. The second kappa shape index (κ2) is 10.2. The summed E-state index contributed by atoms with van der Waals surface area (Å²) in [6.07, 6.45) is 8.45. The Labute approximate surface area is 218 Å². The molecule has 1 atom stereocenters. The lowest BCUT2D eigenvalue weighted by Gasteiger charge is -2.31. The van der Waals surface area contributed by atoms with Crippen LogP contribution in [0.4, 0.5) is 0 Å². The van der Waals surface area contributed by atoms with Gasteiger partial charge in [0, 0.05) is 51.6 Å². The Morgan fingerprint density at radius 1 is 1.11 bits per heavy atom. The van der Waals surface area contributed by atoms with Crippen molar-refractivity contribution in [1.82, 2.24) is 20.2 Å². The number of rotatable bonds is 7. The zero-order valence-electron chi connectivity index (χ0n) is 20.6. The van der Waals surface area contributed by atoms with Gasteiger partial charge in [0.15, 0.2) is 0 Å². The van der Waals surface area contributed by atoms with Gasteiger partial charge in [-0.2, -0.15) is 0 Å². The quantitative estimate of drug-likeness (QED) is 0.384. The number of nitrogens with zero attached hydrogens (tertiary/aromatic N) is 2.